The molecule has 1 aromatic heterocycles. The van der Waals surface area contributed by atoms with Gasteiger partial charge >= 0.3 is 5.69 Å². The van der Waals surface area contributed by atoms with E-state index in [9.17, 15) is 10.1 Å². The third-order valence-corrected chi connectivity index (χ3v) is 4.14. The molecule has 1 aromatic carbocycles. The van der Waals surface area contributed by atoms with E-state index in [0.29, 0.717) is 13.1 Å². The number of nitrogen functional groups attached to an aromatic ring is 1. The quantitative estimate of drug-likeness (QED) is 0.464. The van der Waals surface area contributed by atoms with E-state index < -0.39 is 4.92 Å². The molecule has 10 heteroatoms. The predicted molar refractivity (Wildman–Crippen MR) is 93.9 cm³/mol. The first kappa shape index (κ1) is 16.7. The second kappa shape index (κ2) is 7.18. The number of nitro groups is 1. The van der Waals surface area contributed by atoms with Gasteiger partial charge in [-0.15, -0.1) is 0 Å². The maximum atomic E-state index is 11.4. The van der Waals surface area contributed by atoms with Gasteiger partial charge in [0.25, 0.3) is 0 Å². The van der Waals surface area contributed by atoms with E-state index in [4.69, 9.17) is 10.6 Å². The van der Waals surface area contributed by atoms with Crippen molar-refractivity contribution < 1.29 is 9.66 Å². The molecular formula is C15H19N7O3. The minimum Gasteiger partial charge on any atom is -0.497 e. The van der Waals surface area contributed by atoms with Crippen molar-refractivity contribution >= 4 is 23.0 Å². The summed E-state index contributed by atoms with van der Waals surface area (Å²) in [5, 5.41) is 11.4. The maximum Gasteiger partial charge on any atom is 0.354 e. The number of ether oxygens (including phenoxy) is 1. The van der Waals surface area contributed by atoms with Gasteiger partial charge in [-0.1, -0.05) is 0 Å². The summed E-state index contributed by atoms with van der Waals surface area (Å²) in [6, 6.07) is 7.82. The topological polar surface area (TPSA) is 123 Å². The van der Waals surface area contributed by atoms with E-state index in [-0.39, 0.29) is 17.3 Å². The fourth-order valence-corrected chi connectivity index (χ4v) is 2.84. The van der Waals surface area contributed by atoms with E-state index in [0.717, 1.165) is 24.5 Å². The van der Waals surface area contributed by atoms with Crippen LogP contribution in [0.25, 0.3) is 0 Å². The van der Waals surface area contributed by atoms with Crippen LogP contribution in [0.4, 0.5) is 23.0 Å². The number of aromatic nitrogens is 2. The highest BCUT2D eigenvalue weighted by Gasteiger charge is 2.29. The first-order valence-corrected chi connectivity index (χ1v) is 7.74. The van der Waals surface area contributed by atoms with Crippen LogP contribution in [0.15, 0.2) is 30.6 Å². The zero-order valence-electron chi connectivity index (χ0n) is 13.8. The monoisotopic (exact) mass is 345 g/mol. The van der Waals surface area contributed by atoms with Crippen molar-refractivity contribution in [1.82, 2.24) is 9.97 Å². The van der Waals surface area contributed by atoms with Crippen LogP contribution in [0.5, 0.6) is 5.75 Å². The number of nitrogens with one attached hydrogen (secondary N) is 1. The van der Waals surface area contributed by atoms with Gasteiger partial charge in [-0.25, -0.2) is 15.8 Å². The molecule has 1 aliphatic rings. The van der Waals surface area contributed by atoms with Crippen LogP contribution < -0.4 is 25.8 Å². The van der Waals surface area contributed by atoms with Gasteiger partial charge in [0.2, 0.25) is 11.6 Å². The smallest absolute Gasteiger partial charge is 0.354 e. The zero-order valence-corrected chi connectivity index (χ0v) is 13.8. The van der Waals surface area contributed by atoms with Gasteiger partial charge in [0, 0.05) is 31.9 Å². The molecule has 3 N–H and O–H groups in total. The van der Waals surface area contributed by atoms with Crippen LogP contribution in [0.3, 0.4) is 0 Å². The molecule has 0 amide bonds. The van der Waals surface area contributed by atoms with Crippen LogP contribution in [0, 0.1) is 10.1 Å². The first-order valence-electron chi connectivity index (χ1n) is 7.74. The lowest BCUT2D eigenvalue weighted by Gasteiger charge is -2.36. The average molecular weight is 345 g/mol. The highest BCUT2D eigenvalue weighted by molar-refractivity contribution is 5.70. The zero-order chi connectivity index (χ0) is 17.8. The van der Waals surface area contributed by atoms with Crippen molar-refractivity contribution in [2.45, 2.75) is 0 Å². The molecule has 1 saturated heterocycles. The number of methoxy groups -OCH3 is 1. The van der Waals surface area contributed by atoms with E-state index in [1.807, 2.05) is 29.2 Å². The molecule has 1 fully saturated rings. The number of hydrogen-bond donors (Lipinski definition) is 2. The Morgan fingerprint density at radius 3 is 2.36 bits per heavy atom. The number of nitrogens with zero attached hydrogens (tertiary/aromatic N) is 5. The number of anilines is 3. The van der Waals surface area contributed by atoms with Crippen LogP contribution in [0.1, 0.15) is 0 Å². The minimum atomic E-state index is -0.514. The molecule has 0 bridgehead atoms. The van der Waals surface area contributed by atoms with Gasteiger partial charge in [0.15, 0.2) is 0 Å². The van der Waals surface area contributed by atoms with Crippen molar-refractivity contribution in [2.24, 2.45) is 5.84 Å². The highest BCUT2D eigenvalue weighted by atomic mass is 16.6. The Balaban J connectivity index is 1.75. The van der Waals surface area contributed by atoms with Crippen molar-refractivity contribution in [3.8, 4) is 5.75 Å². The number of piperazine rings is 1. The Kier molecular flexibility index (Phi) is 4.80. The van der Waals surface area contributed by atoms with Crippen LogP contribution in [-0.2, 0) is 0 Å². The molecule has 25 heavy (non-hydrogen) atoms. The van der Waals surface area contributed by atoms with Crippen LogP contribution in [0.2, 0.25) is 0 Å². The Bertz CT molecular complexity index is 745. The molecule has 0 radical (unpaired) electrons. The van der Waals surface area contributed by atoms with E-state index in [1.165, 1.54) is 6.33 Å². The summed E-state index contributed by atoms with van der Waals surface area (Å²) >= 11 is 0. The van der Waals surface area contributed by atoms with E-state index in [1.54, 1.807) is 7.11 Å². The second-order valence-electron chi connectivity index (χ2n) is 5.47. The Morgan fingerprint density at radius 1 is 1.16 bits per heavy atom. The van der Waals surface area contributed by atoms with Crippen molar-refractivity contribution in [1.29, 1.82) is 0 Å². The summed E-state index contributed by atoms with van der Waals surface area (Å²) in [7, 11) is 1.63. The number of benzene rings is 1. The van der Waals surface area contributed by atoms with Gasteiger partial charge < -0.3 is 20.0 Å². The lowest BCUT2D eigenvalue weighted by Crippen LogP contribution is -2.47. The van der Waals surface area contributed by atoms with Crippen LogP contribution in [-0.4, -0.2) is 48.2 Å². The fourth-order valence-electron chi connectivity index (χ4n) is 2.84. The summed E-state index contributed by atoms with van der Waals surface area (Å²) in [5.74, 6) is 6.42. The first-order chi connectivity index (χ1) is 12.1. The van der Waals surface area contributed by atoms with Crippen molar-refractivity contribution in [3.05, 3.63) is 40.7 Å². The number of nitrogens with two attached hydrogens (primary N) is 1. The lowest BCUT2D eigenvalue weighted by atomic mass is 10.2. The molecule has 2 aromatic rings. The molecule has 10 nitrogen and oxygen atoms in total. The van der Waals surface area contributed by atoms with Gasteiger partial charge in [0.1, 0.15) is 12.1 Å². The minimum absolute atomic E-state index is 0.00702. The van der Waals surface area contributed by atoms with Crippen molar-refractivity contribution in [2.75, 3.05) is 48.5 Å². The molecule has 0 spiro atoms. The third kappa shape index (κ3) is 3.38. The number of rotatable bonds is 5. The maximum absolute atomic E-state index is 11.4. The van der Waals surface area contributed by atoms with Gasteiger partial charge in [-0.05, 0) is 24.3 Å². The number of hydrogen-bond acceptors (Lipinski definition) is 9. The standard InChI is InChI=1S/C15H19N7O3/c1-25-12-4-2-11(3-5-12)20-6-8-21(9-7-20)15-13(22(23)24)14(19-16)17-10-18-15/h2-5,10H,6-9,16H2,1H3,(H,17,18,19). The molecular weight excluding hydrogens is 326 g/mol. The summed E-state index contributed by atoms with van der Waals surface area (Å²) in [5.41, 5.74) is 3.14. The SMILES string of the molecule is COc1ccc(N2CCN(c3ncnc(NN)c3[N+](=O)[O-])CC2)cc1. The molecule has 0 unspecified atom stereocenters. The summed E-state index contributed by atoms with van der Waals surface area (Å²) in [6.07, 6.45) is 1.27. The molecule has 1 aliphatic heterocycles. The predicted octanol–water partition coefficient (Wildman–Crippen LogP) is 1.01. The number of hydrazine groups is 1. The molecule has 0 aliphatic carbocycles. The van der Waals surface area contributed by atoms with Crippen molar-refractivity contribution in [3.63, 3.8) is 0 Å². The van der Waals surface area contributed by atoms with Gasteiger partial charge in [-0.2, -0.15) is 0 Å². The Hall–Kier alpha value is -3.14. The summed E-state index contributed by atoms with van der Waals surface area (Å²) in [4.78, 5) is 22.9. The average Bonchev–Trinajstić information content (AvgIpc) is 2.67. The van der Waals surface area contributed by atoms with E-state index >= 15 is 0 Å². The fraction of sp³-hybridized carbons (Fsp3) is 0.333. The highest BCUT2D eigenvalue weighted by Crippen LogP contribution is 2.32. The summed E-state index contributed by atoms with van der Waals surface area (Å²) < 4.78 is 5.17. The molecule has 132 valence electrons. The molecule has 0 saturated carbocycles. The van der Waals surface area contributed by atoms with Gasteiger partial charge in [-0.3, -0.25) is 10.1 Å². The van der Waals surface area contributed by atoms with Gasteiger partial charge in [0.05, 0.1) is 12.0 Å². The lowest BCUT2D eigenvalue weighted by molar-refractivity contribution is -0.383. The molecule has 3 rings (SSSR count). The van der Waals surface area contributed by atoms with Crippen LogP contribution >= 0.6 is 0 Å². The normalized spacial score (nSPS) is 14.3. The Labute approximate surface area is 144 Å². The Morgan fingerprint density at radius 2 is 1.80 bits per heavy atom. The second-order valence-corrected chi connectivity index (χ2v) is 5.47. The summed E-state index contributed by atoms with van der Waals surface area (Å²) in [6.45, 7) is 2.65. The van der Waals surface area contributed by atoms with E-state index in [2.05, 4.69) is 20.3 Å². The molecule has 2 heterocycles. The largest absolute Gasteiger partial charge is 0.497 e. The third-order valence-electron chi connectivity index (χ3n) is 4.14. The molecule has 0 atom stereocenters.